The van der Waals surface area contributed by atoms with Crippen LogP contribution in [-0.4, -0.2) is 16.9 Å². The number of hydrogen-bond donors (Lipinski definition) is 0. The van der Waals surface area contributed by atoms with Crippen LogP contribution in [-0.2, 0) is 6.42 Å². The second-order valence-corrected chi connectivity index (χ2v) is 7.37. The van der Waals surface area contributed by atoms with Crippen LogP contribution < -0.4 is 4.90 Å². The maximum Gasteiger partial charge on any atom is 0.270 e. The van der Waals surface area contributed by atoms with E-state index in [2.05, 4.69) is 13.0 Å². The van der Waals surface area contributed by atoms with Crippen LogP contribution in [0.25, 0.3) is 10.1 Å². The lowest BCUT2D eigenvalue weighted by molar-refractivity contribution is -0.384. The quantitative estimate of drug-likeness (QED) is 0.492. The standard InChI is InChI=1S/C19H16N2O3S/c1-12-6-7-13-4-2-3-5-16(13)20(12)19(22)18-11-14-10-15(21(23)24)8-9-17(14)25-18/h2-5,8-12H,6-7H2,1H3. The summed E-state index contributed by atoms with van der Waals surface area (Å²) in [6, 6.07) is 14.6. The van der Waals surface area contributed by atoms with Crippen molar-refractivity contribution in [3.05, 3.63) is 69.1 Å². The summed E-state index contributed by atoms with van der Waals surface area (Å²) < 4.78 is 0.881. The fourth-order valence-corrected chi connectivity index (χ4v) is 4.35. The van der Waals surface area contributed by atoms with Gasteiger partial charge in [0.2, 0.25) is 0 Å². The van der Waals surface area contributed by atoms with Gasteiger partial charge in [-0.3, -0.25) is 14.9 Å². The van der Waals surface area contributed by atoms with E-state index < -0.39 is 4.92 Å². The predicted octanol–water partition coefficient (Wildman–Crippen LogP) is 4.79. The first kappa shape index (κ1) is 15.8. The van der Waals surface area contributed by atoms with Crippen LogP contribution in [0.5, 0.6) is 0 Å². The number of nitro benzene ring substituents is 1. The first-order valence-electron chi connectivity index (χ1n) is 8.14. The second kappa shape index (κ2) is 5.97. The summed E-state index contributed by atoms with van der Waals surface area (Å²) in [7, 11) is 0. The molecule has 1 aliphatic heterocycles. The van der Waals surface area contributed by atoms with Gasteiger partial charge in [0.25, 0.3) is 11.6 Å². The Bertz CT molecular complexity index is 995. The summed E-state index contributed by atoms with van der Waals surface area (Å²) >= 11 is 1.38. The molecule has 0 N–H and O–H groups in total. The SMILES string of the molecule is CC1CCc2ccccc2N1C(=O)c1cc2cc([N+](=O)[O-])ccc2s1. The van der Waals surface area contributed by atoms with E-state index in [4.69, 9.17) is 0 Å². The van der Waals surface area contributed by atoms with E-state index in [1.54, 1.807) is 12.1 Å². The van der Waals surface area contributed by atoms with Crippen LogP contribution in [0.1, 0.15) is 28.6 Å². The molecule has 0 fully saturated rings. The number of carbonyl (C=O) groups excluding carboxylic acids is 1. The number of aryl methyl sites for hydroxylation is 1. The Balaban J connectivity index is 1.76. The highest BCUT2D eigenvalue weighted by Crippen LogP contribution is 2.35. The van der Waals surface area contributed by atoms with Gasteiger partial charge in [-0.2, -0.15) is 0 Å². The third-order valence-electron chi connectivity index (χ3n) is 4.66. The average molecular weight is 352 g/mol. The summed E-state index contributed by atoms with van der Waals surface area (Å²) in [4.78, 5) is 26.2. The van der Waals surface area contributed by atoms with Crippen molar-refractivity contribution in [1.29, 1.82) is 0 Å². The number of anilines is 1. The molecule has 0 spiro atoms. The minimum Gasteiger partial charge on any atom is -0.305 e. The molecule has 1 aliphatic rings. The summed E-state index contributed by atoms with van der Waals surface area (Å²) in [5.74, 6) is -0.0384. The van der Waals surface area contributed by atoms with Gasteiger partial charge in [-0.25, -0.2) is 0 Å². The normalized spacial score (nSPS) is 16.7. The van der Waals surface area contributed by atoms with Crippen LogP contribution in [0, 0.1) is 10.1 Å². The number of amides is 1. The monoisotopic (exact) mass is 352 g/mol. The summed E-state index contributed by atoms with van der Waals surface area (Å²) in [5, 5.41) is 11.7. The fraction of sp³-hybridized carbons (Fsp3) is 0.211. The number of rotatable bonds is 2. The lowest BCUT2D eigenvalue weighted by Gasteiger charge is -2.35. The molecule has 0 bridgehead atoms. The highest BCUT2D eigenvalue weighted by atomic mass is 32.1. The van der Waals surface area contributed by atoms with Gasteiger partial charge in [0.1, 0.15) is 0 Å². The zero-order chi connectivity index (χ0) is 17.6. The van der Waals surface area contributed by atoms with E-state index in [0.29, 0.717) is 4.88 Å². The minimum absolute atomic E-state index is 0.0384. The van der Waals surface area contributed by atoms with Gasteiger partial charge in [-0.1, -0.05) is 18.2 Å². The summed E-state index contributed by atoms with van der Waals surface area (Å²) in [5.41, 5.74) is 2.20. The van der Waals surface area contributed by atoms with Crippen LogP contribution in [0.15, 0.2) is 48.5 Å². The minimum atomic E-state index is -0.415. The Morgan fingerprint density at radius 2 is 2.04 bits per heavy atom. The Labute approximate surface area is 148 Å². The largest absolute Gasteiger partial charge is 0.305 e. The van der Waals surface area contributed by atoms with Crippen molar-refractivity contribution in [2.24, 2.45) is 0 Å². The Morgan fingerprint density at radius 1 is 1.24 bits per heavy atom. The van der Waals surface area contributed by atoms with E-state index in [9.17, 15) is 14.9 Å². The number of hydrogen-bond acceptors (Lipinski definition) is 4. The van der Waals surface area contributed by atoms with E-state index in [1.165, 1.54) is 29.0 Å². The molecular formula is C19H16N2O3S. The van der Waals surface area contributed by atoms with Crippen LogP contribution >= 0.6 is 11.3 Å². The average Bonchev–Trinajstić information content (AvgIpc) is 3.04. The van der Waals surface area contributed by atoms with E-state index in [-0.39, 0.29) is 17.6 Å². The lowest BCUT2D eigenvalue weighted by atomic mass is 9.96. The summed E-state index contributed by atoms with van der Waals surface area (Å²) in [6.07, 6.45) is 1.90. The fourth-order valence-electron chi connectivity index (χ4n) is 3.37. The topological polar surface area (TPSA) is 63.5 Å². The summed E-state index contributed by atoms with van der Waals surface area (Å²) in [6.45, 7) is 2.06. The van der Waals surface area contributed by atoms with Gasteiger partial charge in [0.05, 0.1) is 9.80 Å². The van der Waals surface area contributed by atoms with Crippen molar-refractivity contribution in [1.82, 2.24) is 0 Å². The van der Waals surface area contributed by atoms with Crippen molar-refractivity contribution in [3.8, 4) is 0 Å². The van der Waals surface area contributed by atoms with Gasteiger partial charge < -0.3 is 4.90 Å². The molecule has 1 amide bonds. The van der Waals surface area contributed by atoms with E-state index in [1.807, 2.05) is 23.1 Å². The van der Waals surface area contributed by atoms with Crippen LogP contribution in [0.2, 0.25) is 0 Å². The molecule has 0 saturated carbocycles. The molecule has 126 valence electrons. The van der Waals surface area contributed by atoms with Crippen molar-refractivity contribution in [2.45, 2.75) is 25.8 Å². The van der Waals surface area contributed by atoms with Gasteiger partial charge in [0, 0.05) is 33.9 Å². The van der Waals surface area contributed by atoms with Crippen molar-refractivity contribution in [2.75, 3.05) is 4.90 Å². The van der Waals surface area contributed by atoms with Gasteiger partial charge in [0.15, 0.2) is 0 Å². The highest BCUT2D eigenvalue weighted by Gasteiger charge is 2.29. The highest BCUT2D eigenvalue weighted by molar-refractivity contribution is 7.20. The molecule has 2 aromatic carbocycles. The molecule has 2 heterocycles. The lowest BCUT2D eigenvalue weighted by Crippen LogP contribution is -2.41. The number of fused-ring (bicyclic) bond motifs is 2. The van der Waals surface area contributed by atoms with Gasteiger partial charge in [-0.05, 0) is 43.5 Å². The van der Waals surface area contributed by atoms with Crippen molar-refractivity contribution in [3.63, 3.8) is 0 Å². The molecule has 25 heavy (non-hydrogen) atoms. The van der Waals surface area contributed by atoms with Crippen LogP contribution in [0.4, 0.5) is 11.4 Å². The second-order valence-electron chi connectivity index (χ2n) is 6.28. The smallest absolute Gasteiger partial charge is 0.270 e. The number of benzene rings is 2. The molecule has 1 atom stereocenters. The molecule has 0 radical (unpaired) electrons. The number of non-ortho nitro benzene ring substituents is 1. The molecule has 0 saturated heterocycles. The Hall–Kier alpha value is -2.73. The molecule has 1 aromatic heterocycles. The third kappa shape index (κ3) is 2.68. The van der Waals surface area contributed by atoms with E-state index in [0.717, 1.165) is 28.6 Å². The Kier molecular flexibility index (Phi) is 3.77. The predicted molar refractivity (Wildman–Crippen MR) is 99.5 cm³/mol. The number of nitro groups is 1. The molecule has 3 aromatic rings. The number of thiophene rings is 1. The molecular weight excluding hydrogens is 336 g/mol. The van der Waals surface area contributed by atoms with Gasteiger partial charge in [-0.15, -0.1) is 11.3 Å². The third-order valence-corrected chi connectivity index (χ3v) is 5.77. The zero-order valence-electron chi connectivity index (χ0n) is 13.6. The molecule has 6 heteroatoms. The number of carbonyl (C=O) groups is 1. The van der Waals surface area contributed by atoms with Crippen LogP contribution in [0.3, 0.4) is 0 Å². The molecule has 0 aliphatic carbocycles. The maximum absolute atomic E-state index is 13.2. The maximum atomic E-state index is 13.2. The first-order valence-corrected chi connectivity index (χ1v) is 8.95. The van der Waals surface area contributed by atoms with E-state index >= 15 is 0 Å². The zero-order valence-corrected chi connectivity index (χ0v) is 14.5. The van der Waals surface area contributed by atoms with Crippen molar-refractivity contribution >= 4 is 38.7 Å². The Morgan fingerprint density at radius 3 is 2.84 bits per heavy atom. The molecule has 5 nitrogen and oxygen atoms in total. The van der Waals surface area contributed by atoms with Crippen molar-refractivity contribution < 1.29 is 9.72 Å². The molecule has 4 rings (SSSR count). The number of nitrogens with zero attached hydrogens (tertiary/aromatic N) is 2. The molecule has 1 unspecified atom stereocenters. The van der Waals surface area contributed by atoms with Gasteiger partial charge >= 0.3 is 0 Å². The first-order chi connectivity index (χ1) is 12.0. The number of para-hydroxylation sites is 1.